The lowest BCUT2D eigenvalue weighted by atomic mass is 9.95. The van der Waals surface area contributed by atoms with Crippen LogP contribution in [-0.2, 0) is 9.59 Å². The number of aliphatic carboxylic acids is 1. The minimum Gasteiger partial charge on any atom is -0.481 e. The van der Waals surface area contributed by atoms with Crippen LogP contribution in [0.25, 0.3) is 0 Å². The van der Waals surface area contributed by atoms with E-state index in [1.807, 2.05) is 0 Å². The Balaban J connectivity index is 3.79. The Morgan fingerprint density at radius 2 is 1.68 bits per heavy atom. The number of hydrogen-bond acceptors (Lipinski definition) is 3. The van der Waals surface area contributed by atoms with Crippen LogP contribution in [0.3, 0.4) is 0 Å². The van der Waals surface area contributed by atoms with Gasteiger partial charge in [0.05, 0.1) is 0 Å². The van der Waals surface area contributed by atoms with Crippen molar-refractivity contribution < 1.29 is 14.7 Å². The number of carboxylic acids is 1. The van der Waals surface area contributed by atoms with E-state index in [1.165, 1.54) is 12.8 Å². The molecule has 0 aromatic heterocycles. The van der Waals surface area contributed by atoms with Crippen molar-refractivity contribution >= 4 is 11.8 Å². The molecule has 3 N–H and O–H groups in total. The molecule has 0 aliphatic rings. The molecule has 0 radical (unpaired) electrons. The minimum absolute atomic E-state index is 0.199. The molecule has 0 aliphatic carbocycles. The molecule has 0 bridgehead atoms. The topological polar surface area (TPSA) is 80.4 Å². The summed E-state index contributed by atoms with van der Waals surface area (Å²) in [5, 5.41) is 8.93. The summed E-state index contributed by atoms with van der Waals surface area (Å²) in [7, 11) is 0. The quantitative estimate of drug-likeness (QED) is 0.324. The van der Waals surface area contributed by atoms with Gasteiger partial charge in [0.25, 0.3) is 0 Å². The van der Waals surface area contributed by atoms with Crippen molar-refractivity contribution in [3.8, 4) is 0 Å². The Morgan fingerprint density at radius 1 is 1.16 bits per heavy atom. The molecule has 0 aromatic carbocycles. The van der Waals surface area contributed by atoms with E-state index in [2.05, 4.69) is 13.5 Å². The standard InChI is InChI=1S/C15H27NO3/c1-3-5-6-9-12(16)10-7-8-11-13(15(18)19)14(17)4-2/h4,12-13H,2-3,5-11,16H2,1H3,(H,18,19). The zero-order chi connectivity index (χ0) is 14.7. The predicted octanol–water partition coefficient (Wildman–Crippen LogP) is 2.91. The molecule has 0 rings (SSSR count). The number of allylic oxidation sites excluding steroid dienone is 1. The fraction of sp³-hybridized carbons (Fsp3) is 0.733. The fourth-order valence-electron chi connectivity index (χ4n) is 2.09. The largest absolute Gasteiger partial charge is 0.481 e. The average Bonchev–Trinajstić information content (AvgIpc) is 2.37. The van der Waals surface area contributed by atoms with Gasteiger partial charge in [-0.1, -0.05) is 45.6 Å². The zero-order valence-electron chi connectivity index (χ0n) is 11.9. The Bertz CT molecular complexity index is 289. The number of carboxylic acid groups (broad SMARTS) is 1. The van der Waals surface area contributed by atoms with Crippen LogP contribution in [-0.4, -0.2) is 22.9 Å². The molecule has 0 fully saturated rings. The minimum atomic E-state index is -1.06. The van der Waals surface area contributed by atoms with Crippen LogP contribution in [0.2, 0.25) is 0 Å². The monoisotopic (exact) mass is 269 g/mol. The second kappa shape index (κ2) is 10.7. The van der Waals surface area contributed by atoms with E-state index in [-0.39, 0.29) is 6.04 Å². The highest BCUT2D eigenvalue weighted by Gasteiger charge is 2.22. The first-order chi connectivity index (χ1) is 9.02. The van der Waals surface area contributed by atoms with Crippen LogP contribution in [0.1, 0.15) is 58.3 Å². The van der Waals surface area contributed by atoms with Crippen molar-refractivity contribution in [3.05, 3.63) is 12.7 Å². The van der Waals surface area contributed by atoms with Gasteiger partial charge in [0.2, 0.25) is 0 Å². The van der Waals surface area contributed by atoms with Gasteiger partial charge in [-0.25, -0.2) is 0 Å². The summed E-state index contributed by atoms with van der Waals surface area (Å²) < 4.78 is 0. The smallest absolute Gasteiger partial charge is 0.314 e. The number of carbonyl (C=O) groups excluding carboxylic acids is 1. The second-order valence-corrected chi connectivity index (χ2v) is 5.04. The molecular weight excluding hydrogens is 242 g/mol. The van der Waals surface area contributed by atoms with Gasteiger partial charge in [0, 0.05) is 6.04 Å². The summed E-state index contributed by atoms with van der Waals surface area (Å²) in [6, 6.07) is 0.199. The molecule has 0 aromatic rings. The first kappa shape index (κ1) is 17.8. The number of rotatable bonds is 12. The molecule has 0 saturated carbocycles. The van der Waals surface area contributed by atoms with Crippen molar-refractivity contribution in [2.75, 3.05) is 0 Å². The van der Waals surface area contributed by atoms with Gasteiger partial charge in [-0.2, -0.15) is 0 Å². The molecular formula is C15H27NO3. The molecule has 19 heavy (non-hydrogen) atoms. The molecule has 110 valence electrons. The first-order valence-electron chi connectivity index (χ1n) is 7.17. The van der Waals surface area contributed by atoms with E-state index in [0.29, 0.717) is 6.42 Å². The van der Waals surface area contributed by atoms with Crippen LogP contribution in [0.4, 0.5) is 0 Å². The van der Waals surface area contributed by atoms with Gasteiger partial charge in [0.15, 0.2) is 5.78 Å². The third-order valence-electron chi connectivity index (χ3n) is 3.34. The fourth-order valence-corrected chi connectivity index (χ4v) is 2.09. The summed E-state index contributed by atoms with van der Waals surface area (Å²) in [4.78, 5) is 22.2. The summed E-state index contributed by atoms with van der Waals surface area (Å²) >= 11 is 0. The van der Waals surface area contributed by atoms with E-state index in [0.717, 1.165) is 38.2 Å². The maximum atomic E-state index is 11.3. The number of unbranched alkanes of at least 4 members (excludes halogenated alkanes) is 3. The van der Waals surface area contributed by atoms with Crippen LogP contribution >= 0.6 is 0 Å². The Morgan fingerprint density at radius 3 is 2.16 bits per heavy atom. The molecule has 0 heterocycles. The predicted molar refractivity (Wildman–Crippen MR) is 76.9 cm³/mol. The highest BCUT2D eigenvalue weighted by atomic mass is 16.4. The SMILES string of the molecule is C=CC(=O)C(CCCCC(N)CCCCC)C(=O)O. The van der Waals surface area contributed by atoms with Gasteiger partial charge in [-0.3, -0.25) is 9.59 Å². The molecule has 2 atom stereocenters. The van der Waals surface area contributed by atoms with Crippen LogP contribution in [0, 0.1) is 5.92 Å². The lowest BCUT2D eigenvalue weighted by molar-refractivity contribution is -0.145. The van der Waals surface area contributed by atoms with Gasteiger partial charge in [-0.15, -0.1) is 0 Å². The number of nitrogens with two attached hydrogens (primary N) is 1. The lowest BCUT2D eigenvalue weighted by Gasteiger charge is -2.12. The summed E-state index contributed by atoms with van der Waals surface area (Å²) in [6.07, 6.45) is 8.56. The van der Waals surface area contributed by atoms with Crippen molar-refractivity contribution in [2.45, 2.75) is 64.3 Å². The molecule has 4 heteroatoms. The summed E-state index contributed by atoms with van der Waals surface area (Å²) in [5.41, 5.74) is 5.98. The van der Waals surface area contributed by atoms with Crippen LogP contribution < -0.4 is 5.73 Å². The summed E-state index contributed by atoms with van der Waals surface area (Å²) in [5.74, 6) is -2.40. The van der Waals surface area contributed by atoms with E-state index in [1.54, 1.807) is 0 Å². The highest BCUT2D eigenvalue weighted by Crippen LogP contribution is 2.14. The Kier molecular flexibility index (Phi) is 10.1. The van der Waals surface area contributed by atoms with E-state index < -0.39 is 17.7 Å². The molecule has 0 aliphatic heterocycles. The number of ketones is 1. The Labute approximate surface area is 116 Å². The van der Waals surface area contributed by atoms with Gasteiger partial charge in [-0.05, 0) is 25.3 Å². The lowest BCUT2D eigenvalue weighted by Crippen LogP contribution is -2.23. The number of carbonyl (C=O) groups is 2. The van der Waals surface area contributed by atoms with E-state index >= 15 is 0 Å². The normalized spacial score (nSPS) is 13.8. The third kappa shape index (κ3) is 8.54. The zero-order valence-corrected chi connectivity index (χ0v) is 11.9. The van der Waals surface area contributed by atoms with Crippen molar-refractivity contribution in [3.63, 3.8) is 0 Å². The molecule has 2 unspecified atom stereocenters. The third-order valence-corrected chi connectivity index (χ3v) is 3.34. The average molecular weight is 269 g/mol. The number of hydrogen-bond donors (Lipinski definition) is 2. The molecule has 0 spiro atoms. The molecule has 0 amide bonds. The Hall–Kier alpha value is -1.16. The van der Waals surface area contributed by atoms with Crippen LogP contribution in [0.5, 0.6) is 0 Å². The maximum absolute atomic E-state index is 11.3. The summed E-state index contributed by atoms with van der Waals surface area (Å²) in [6.45, 7) is 5.49. The highest BCUT2D eigenvalue weighted by molar-refractivity contribution is 6.03. The van der Waals surface area contributed by atoms with Gasteiger partial charge in [0.1, 0.15) is 5.92 Å². The first-order valence-corrected chi connectivity index (χ1v) is 7.17. The maximum Gasteiger partial charge on any atom is 0.314 e. The second-order valence-electron chi connectivity index (χ2n) is 5.04. The molecule has 0 saturated heterocycles. The van der Waals surface area contributed by atoms with Gasteiger partial charge >= 0.3 is 5.97 Å². The van der Waals surface area contributed by atoms with Gasteiger partial charge < -0.3 is 10.8 Å². The van der Waals surface area contributed by atoms with E-state index in [9.17, 15) is 9.59 Å². The molecule has 4 nitrogen and oxygen atoms in total. The van der Waals surface area contributed by atoms with E-state index in [4.69, 9.17) is 10.8 Å². The van der Waals surface area contributed by atoms with Crippen molar-refractivity contribution in [1.82, 2.24) is 0 Å². The van der Waals surface area contributed by atoms with Crippen molar-refractivity contribution in [1.29, 1.82) is 0 Å². The van der Waals surface area contributed by atoms with Crippen molar-refractivity contribution in [2.24, 2.45) is 11.7 Å². The van der Waals surface area contributed by atoms with Crippen LogP contribution in [0.15, 0.2) is 12.7 Å².